The van der Waals surface area contributed by atoms with Crippen LogP contribution in [0.25, 0.3) is 22.3 Å². The van der Waals surface area contributed by atoms with E-state index in [0.29, 0.717) is 80.7 Å². The van der Waals surface area contributed by atoms with Crippen LogP contribution in [0.2, 0.25) is 0 Å². The quantitative estimate of drug-likeness (QED) is 0.0229. The number of nitrogens with zero attached hydrogens (tertiary/aromatic N) is 3. The van der Waals surface area contributed by atoms with Crippen LogP contribution in [0.3, 0.4) is 0 Å². The summed E-state index contributed by atoms with van der Waals surface area (Å²) in [7, 11) is 0. The van der Waals surface area contributed by atoms with Gasteiger partial charge in [0.25, 0.3) is 0 Å². The molecule has 0 amide bonds. The molecule has 428 valence electrons. The Labute approximate surface area is 525 Å². The zero-order valence-electron chi connectivity index (χ0n) is 43.9. The molecule has 0 aliphatic carbocycles. The zero-order chi connectivity index (χ0) is 61.1. The molecule has 0 spiro atoms. The Bertz CT molecular complexity index is 3990. The fourth-order valence-corrected chi connectivity index (χ4v) is 9.45. The van der Waals surface area contributed by atoms with Gasteiger partial charge in [0.1, 0.15) is 75.3 Å². The molecule has 0 unspecified atom stereocenters. The van der Waals surface area contributed by atoms with Gasteiger partial charge in [-0.05, 0) is 144 Å². The Morgan fingerprint density at radius 3 is 1.34 bits per heavy atom. The van der Waals surface area contributed by atoms with Crippen LogP contribution in [0.1, 0.15) is 54.9 Å². The van der Waals surface area contributed by atoms with Crippen LogP contribution in [0.15, 0.2) is 199 Å². The van der Waals surface area contributed by atoms with Crippen LogP contribution in [0.5, 0.6) is 46.0 Å². The molecule has 9 rings (SSSR count). The number of benzene rings is 9. The van der Waals surface area contributed by atoms with Crippen LogP contribution in [-0.2, 0) is 19.7 Å². The number of hydrogen-bond donors (Lipinski definition) is 1. The SMILES string of the molecule is Cc1ccc(-c2cccc(Oc3ccc(C(c4ccc(Oc5cccc(Oc6ccc(-c7ccc(Oc8cccc(C)c8C#N)cc7)cc6)c5C#N)cc4)(C(F)(F)F)C(F)(F)F)cc3)c2C#N)cc1C(=O)c1cccc(SOOO)c1.[I][V]([I])[I]. The fourth-order valence-electron chi connectivity index (χ4n) is 9.03. The molecule has 0 saturated carbocycles. The van der Waals surface area contributed by atoms with Crippen molar-refractivity contribution in [1.82, 2.24) is 0 Å². The van der Waals surface area contributed by atoms with E-state index in [1.54, 1.807) is 97.9 Å². The number of carbonyl (C=O) groups excluding carboxylic acids is 1. The Hall–Kier alpha value is -7.10. The summed E-state index contributed by atoms with van der Waals surface area (Å²) in [5, 5.41) is 42.3. The van der Waals surface area contributed by atoms with Crippen molar-refractivity contribution in [2.45, 2.75) is 36.5 Å². The van der Waals surface area contributed by atoms with Crippen LogP contribution < -0.4 is 18.9 Å². The van der Waals surface area contributed by atoms with E-state index < -0.39 is 28.9 Å². The van der Waals surface area contributed by atoms with Crippen LogP contribution in [-0.4, -0.2) is 23.4 Å². The van der Waals surface area contributed by atoms with Crippen molar-refractivity contribution in [2.24, 2.45) is 0 Å². The predicted octanol–water partition coefficient (Wildman–Crippen LogP) is 20.1. The van der Waals surface area contributed by atoms with Gasteiger partial charge in [0.15, 0.2) is 5.78 Å². The van der Waals surface area contributed by atoms with E-state index in [1.165, 1.54) is 36.4 Å². The first kappa shape index (κ1) is 63.9. The molecule has 0 aliphatic rings. The second kappa shape index (κ2) is 28.4. The van der Waals surface area contributed by atoms with Gasteiger partial charge in [0, 0.05) is 21.6 Å². The van der Waals surface area contributed by atoms with Crippen LogP contribution in [0, 0.1) is 47.8 Å². The maximum absolute atomic E-state index is 15.3. The minimum atomic E-state index is -5.94. The minimum absolute atomic E-state index is 0.0414. The van der Waals surface area contributed by atoms with Crippen molar-refractivity contribution < 1.29 is 69.6 Å². The molecule has 0 radical (unpaired) electrons. The molecule has 0 fully saturated rings. The molecule has 0 aromatic heterocycles. The summed E-state index contributed by atoms with van der Waals surface area (Å²) in [5.41, 5.74) is -2.28. The fraction of sp³-hybridized carbons (Fsp3) is 0.0794. The number of alkyl halides is 6. The van der Waals surface area contributed by atoms with E-state index in [2.05, 4.69) is 81.4 Å². The molecule has 0 bridgehead atoms. The van der Waals surface area contributed by atoms with Gasteiger partial charge >= 0.3 is 77.2 Å². The number of aryl methyl sites for hydroxylation is 2. The molecule has 85 heavy (non-hydrogen) atoms. The molecule has 0 atom stereocenters. The predicted molar refractivity (Wildman–Crippen MR) is 329 cm³/mol. The van der Waals surface area contributed by atoms with E-state index in [0.717, 1.165) is 41.0 Å². The number of hydrogen-bond acceptors (Lipinski definition) is 12. The molecule has 0 aliphatic heterocycles. The number of carbonyl (C=O) groups is 1. The summed E-state index contributed by atoms with van der Waals surface area (Å²) in [5.74, 6) is 0.440. The first-order chi connectivity index (χ1) is 40.7. The van der Waals surface area contributed by atoms with E-state index >= 15 is 26.3 Å². The van der Waals surface area contributed by atoms with Gasteiger partial charge in [0.05, 0.1) is 17.6 Å². The van der Waals surface area contributed by atoms with Gasteiger partial charge in [-0.1, -0.05) is 108 Å². The van der Waals surface area contributed by atoms with Crippen LogP contribution in [0.4, 0.5) is 26.3 Å². The summed E-state index contributed by atoms with van der Waals surface area (Å²) in [6.45, 7) is 3.54. The molecular formula is C63H39F6I3N3O8SV. The molecule has 9 aromatic carbocycles. The Balaban J connectivity index is 0.00000228. The molecule has 0 heterocycles. The number of halogens is 9. The summed E-state index contributed by atoms with van der Waals surface area (Å²) in [6, 6.07) is 52.2. The van der Waals surface area contributed by atoms with Gasteiger partial charge in [-0.25, -0.2) is 5.26 Å². The molecule has 9 aromatic rings. The van der Waals surface area contributed by atoms with E-state index in [9.17, 15) is 20.6 Å². The first-order valence-electron chi connectivity index (χ1n) is 24.7. The third-order valence-corrected chi connectivity index (χ3v) is 13.6. The molecule has 22 heteroatoms. The normalized spacial score (nSPS) is 11.3. The van der Waals surface area contributed by atoms with E-state index in [1.807, 2.05) is 31.2 Å². The van der Waals surface area contributed by atoms with Crippen molar-refractivity contribution >= 4 is 77.8 Å². The van der Waals surface area contributed by atoms with Gasteiger partial charge in [-0.3, -0.25) is 4.79 Å². The topological polar surface area (TPSA) is 164 Å². The van der Waals surface area contributed by atoms with Gasteiger partial charge < -0.3 is 18.9 Å². The Kier molecular flexibility index (Phi) is 21.4. The summed E-state index contributed by atoms with van der Waals surface area (Å²) >= 11 is 8.06. The van der Waals surface area contributed by atoms with Crippen molar-refractivity contribution in [2.75, 3.05) is 0 Å². The average Bonchev–Trinajstić information content (AvgIpc) is 1.31. The standard InChI is InChI=1S/C63H39F6N3O8S.3HI.V/c1-38-7-3-11-56(53(38)35-70)75-46-25-17-40(18-26-46)41-19-27-47(28-20-41)77-58-13-6-14-59(55(58)37-72)78-49-31-23-45(24-32-49)61(62(64,65)66,63(67,68)69)44-21-29-48(30-22-44)76-57-12-5-10-51(54(57)36-71)42-16-15-39(2)52(34-42)60(73)43-8-4-9-50(33-43)81-80-79-74;;;;/h3-34,74H,1-2H3;3*1H;/q;;;;+3/p-3. The molecule has 1 N–H and O–H groups in total. The van der Waals surface area contributed by atoms with Gasteiger partial charge in [-0.2, -0.15) is 42.1 Å². The summed E-state index contributed by atoms with van der Waals surface area (Å²) < 4.78 is 120. The second-order valence-corrected chi connectivity index (χ2v) is 54.3. The number of ketones is 1. The number of rotatable bonds is 17. The third-order valence-electron chi connectivity index (χ3n) is 13.0. The Morgan fingerprint density at radius 1 is 0.494 bits per heavy atom. The summed E-state index contributed by atoms with van der Waals surface area (Å²) in [4.78, 5) is 13.9. The second-order valence-electron chi connectivity index (χ2n) is 18.1. The van der Waals surface area contributed by atoms with Crippen LogP contribution >= 0.6 is 72.0 Å². The van der Waals surface area contributed by atoms with Crippen molar-refractivity contribution in [1.29, 1.82) is 15.8 Å². The number of nitriles is 3. The first-order valence-corrected chi connectivity index (χ1v) is 39.0. The number of ether oxygens (including phenoxy) is 4. The van der Waals surface area contributed by atoms with Gasteiger partial charge in [-0.15, -0.1) is 4.33 Å². The molecular weight excluding hydrogens is 1500 g/mol. The van der Waals surface area contributed by atoms with E-state index in [-0.39, 0.29) is 61.7 Å². The van der Waals surface area contributed by atoms with Crippen molar-refractivity contribution in [3.63, 3.8) is 0 Å². The van der Waals surface area contributed by atoms with E-state index in [4.69, 9.17) is 24.2 Å². The Morgan fingerprint density at radius 2 is 0.894 bits per heavy atom. The maximum atomic E-state index is 15.3. The van der Waals surface area contributed by atoms with Gasteiger partial charge in [0.2, 0.25) is 5.41 Å². The summed E-state index contributed by atoms with van der Waals surface area (Å²) in [6.07, 6.45) is -11.9. The monoisotopic (exact) mass is 1540 g/mol. The third kappa shape index (κ3) is 14.9. The van der Waals surface area contributed by atoms with Crippen molar-refractivity contribution in [3.8, 4) is 86.5 Å². The van der Waals surface area contributed by atoms with Crippen molar-refractivity contribution in [3.05, 3.63) is 244 Å². The zero-order valence-corrected chi connectivity index (χ0v) is 52.6. The average molecular weight is 1540 g/mol. The molecule has 0 saturated heterocycles. The molecule has 11 nitrogen and oxygen atoms in total.